The zero-order chi connectivity index (χ0) is 15.3. The summed E-state index contributed by atoms with van der Waals surface area (Å²) in [4.78, 5) is 23.6. The highest BCUT2D eigenvalue weighted by Gasteiger charge is 2.51. The number of carboxylic acids is 1. The molecule has 0 bridgehead atoms. The van der Waals surface area contributed by atoms with Gasteiger partial charge >= 0.3 is 5.97 Å². The predicted molar refractivity (Wildman–Crippen MR) is 77.9 cm³/mol. The Morgan fingerprint density at radius 1 is 1.38 bits per heavy atom. The zero-order valence-electron chi connectivity index (χ0n) is 11.7. The van der Waals surface area contributed by atoms with Crippen molar-refractivity contribution in [1.82, 2.24) is 5.32 Å². The fourth-order valence-corrected chi connectivity index (χ4v) is 2.27. The van der Waals surface area contributed by atoms with Gasteiger partial charge in [-0.1, -0.05) is 36.4 Å². The van der Waals surface area contributed by atoms with Crippen LogP contribution in [0.3, 0.4) is 0 Å². The summed E-state index contributed by atoms with van der Waals surface area (Å²) >= 11 is 0. The second-order valence-corrected chi connectivity index (χ2v) is 5.14. The number of rotatable bonds is 8. The summed E-state index contributed by atoms with van der Waals surface area (Å²) in [5.74, 6) is -1.35. The van der Waals surface area contributed by atoms with E-state index in [1.807, 2.05) is 30.3 Å². The molecule has 5 nitrogen and oxygen atoms in total. The van der Waals surface area contributed by atoms with Crippen LogP contribution in [0.4, 0.5) is 0 Å². The molecule has 1 aromatic carbocycles. The fraction of sp³-hybridized carbons (Fsp3) is 0.375. The number of amides is 1. The van der Waals surface area contributed by atoms with Gasteiger partial charge in [-0.05, 0) is 18.4 Å². The predicted octanol–water partition coefficient (Wildman–Crippen LogP) is 1.49. The van der Waals surface area contributed by atoms with Crippen molar-refractivity contribution < 1.29 is 19.4 Å². The molecule has 0 spiro atoms. The molecule has 0 saturated heterocycles. The van der Waals surface area contributed by atoms with Gasteiger partial charge < -0.3 is 15.2 Å². The molecule has 1 amide bonds. The highest BCUT2D eigenvalue weighted by Crippen LogP contribution is 2.48. The number of carbonyl (C=O) groups excluding carboxylic acids is 1. The average Bonchev–Trinajstić information content (AvgIpc) is 3.29. The molecule has 1 saturated carbocycles. The Kier molecular flexibility index (Phi) is 4.75. The molecule has 0 radical (unpaired) electrons. The number of hydrogen-bond acceptors (Lipinski definition) is 3. The molecule has 2 N–H and O–H groups in total. The normalized spacial score (nSPS) is 16.8. The van der Waals surface area contributed by atoms with Gasteiger partial charge in [-0.3, -0.25) is 4.79 Å². The number of hydrogen-bond donors (Lipinski definition) is 2. The third kappa shape index (κ3) is 3.49. The highest BCUT2D eigenvalue weighted by molar-refractivity contribution is 5.94. The van der Waals surface area contributed by atoms with Gasteiger partial charge in [-0.25, -0.2) is 4.79 Å². The van der Waals surface area contributed by atoms with E-state index in [9.17, 15) is 9.59 Å². The molecule has 21 heavy (non-hydrogen) atoms. The first-order chi connectivity index (χ1) is 10.1. The largest absolute Gasteiger partial charge is 0.480 e. The van der Waals surface area contributed by atoms with Crippen LogP contribution < -0.4 is 5.32 Å². The Labute approximate surface area is 123 Å². The minimum absolute atomic E-state index is 0.0715. The van der Waals surface area contributed by atoms with Crippen LogP contribution in [0.5, 0.6) is 0 Å². The van der Waals surface area contributed by atoms with Crippen LogP contribution in [0, 0.1) is 0 Å². The summed E-state index contributed by atoms with van der Waals surface area (Å²) in [5.41, 5.74) is 0.353. The number of ether oxygens (including phenoxy) is 1. The molecule has 1 fully saturated rings. The van der Waals surface area contributed by atoms with E-state index in [1.165, 1.54) is 6.08 Å². The smallest absolute Gasteiger partial charge is 0.328 e. The summed E-state index contributed by atoms with van der Waals surface area (Å²) in [6.07, 6.45) is 3.01. The van der Waals surface area contributed by atoms with Crippen LogP contribution in [0.2, 0.25) is 0 Å². The molecule has 1 atom stereocenters. The molecule has 1 aromatic rings. The Bertz CT molecular complexity index is 522. The Morgan fingerprint density at radius 2 is 2.05 bits per heavy atom. The summed E-state index contributed by atoms with van der Waals surface area (Å²) < 4.78 is 5.13. The average molecular weight is 289 g/mol. The van der Waals surface area contributed by atoms with Crippen LogP contribution in [-0.2, 0) is 19.7 Å². The SMILES string of the molecule is C=CCOCC(NC(=O)C1(c2ccccc2)CC1)C(=O)O. The van der Waals surface area contributed by atoms with E-state index >= 15 is 0 Å². The van der Waals surface area contributed by atoms with Crippen LogP contribution >= 0.6 is 0 Å². The first kappa shape index (κ1) is 15.3. The van der Waals surface area contributed by atoms with Gasteiger partial charge in [0.05, 0.1) is 18.6 Å². The lowest BCUT2D eigenvalue weighted by atomic mass is 9.95. The number of benzene rings is 1. The number of nitrogens with one attached hydrogen (secondary N) is 1. The van der Waals surface area contributed by atoms with Gasteiger partial charge in [0.15, 0.2) is 6.04 Å². The summed E-state index contributed by atoms with van der Waals surface area (Å²) in [5, 5.41) is 11.7. The topological polar surface area (TPSA) is 75.6 Å². The molecule has 0 aromatic heterocycles. The van der Waals surface area contributed by atoms with Crippen LogP contribution in [0.25, 0.3) is 0 Å². The molecule has 5 heteroatoms. The van der Waals surface area contributed by atoms with Crippen molar-refractivity contribution in [3.8, 4) is 0 Å². The minimum atomic E-state index is -1.10. The Hall–Kier alpha value is -2.14. The molecular formula is C16H19NO4. The lowest BCUT2D eigenvalue weighted by Gasteiger charge is -2.20. The van der Waals surface area contributed by atoms with E-state index < -0.39 is 17.4 Å². The molecule has 0 heterocycles. The molecule has 112 valence electrons. The third-order valence-electron chi connectivity index (χ3n) is 3.63. The van der Waals surface area contributed by atoms with E-state index in [0.717, 1.165) is 18.4 Å². The van der Waals surface area contributed by atoms with Crippen molar-refractivity contribution in [3.05, 3.63) is 48.6 Å². The number of carbonyl (C=O) groups is 2. The Balaban J connectivity index is 2.02. The lowest BCUT2D eigenvalue weighted by Crippen LogP contribution is -2.48. The highest BCUT2D eigenvalue weighted by atomic mass is 16.5. The maximum atomic E-state index is 12.4. The quantitative estimate of drug-likeness (QED) is 0.561. The van der Waals surface area contributed by atoms with Gasteiger partial charge in [0, 0.05) is 0 Å². The van der Waals surface area contributed by atoms with Crippen LogP contribution in [-0.4, -0.2) is 36.2 Å². The van der Waals surface area contributed by atoms with E-state index in [2.05, 4.69) is 11.9 Å². The molecule has 1 aliphatic carbocycles. The fourth-order valence-electron chi connectivity index (χ4n) is 2.27. The molecule has 2 rings (SSSR count). The van der Waals surface area contributed by atoms with E-state index in [0.29, 0.717) is 0 Å². The summed E-state index contributed by atoms with van der Waals surface area (Å²) in [7, 11) is 0. The second-order valence-electron chi connectivity index (χ2n) is 5.14. The maximum absolute atomic E-state index is 12.4. The number of aliphatic carboxylic acids is 1. The minimum Gasteiger partial charge on any atom is -0.480 e. The summed E-state index contributed by atoms with van der Waals surface area (Å²) in [6, 6.07) is 8.40. The second kappa shape index (κ2) is 6.54. The van der Waals surface area contributed by atoms with E-state index in [1.54, 1.807) is 0 Å². The zero-order valence-corrected chi connectivity index (χ0v) is 11.7. The van der Waals surface area contributed by atoms with E-state index in [-0.39, 0.29) is 19.1 Å². The third-order valence-corrected chi connectivity index (χ3v) is 3.63. The van der Waals surface area contributed by atoms with Crippen LogP contribution in [0.1, 0.15) is 18.4 Å². The molecule has 0 aliphatic heterocycles. The monoisotopic (exact) mass is 289 g/mol. The first-order valence-electron chi connectivity index (χ1n) is 6.88. The maximum Gasteiger partial charge on any atom is 0.328 e. The molecule has 1 unspecified atom stereocenters. The summed E-state index contributed by atoms with van der Waals surface area (Å²) in [6.45, 7) is 3.67. The van der Waals surface area contributed by atoms with Gasteiger partial charge in [0.2, 0.25) is 5.91 Å². The van der Waals surface area contributed by atoms with E-state index in [4.69, 9.17) is 9.84 Å². The van der Waals surface area contributed by atoms with Gasteiger partial charge in [-0.2, -0.15) is 0 Å². The Morgan fingerprint density at radius 3 is 2.57 bits per heavy atom. The van der Waals surface area contributed by atoms with Gasteiger partial charge in [0.25, 0.3) is 0 Å². The van der Waals surface area contributed by atoms with Crippen molar-refractivity contribution in [3.63, 3.8) is 0 Å². The van der Waals surface area contributed by atoms with Crippen molar-refractivity contribution in [2.75, 3.05) is 13.2 Å². The molecule has 1 aliphatic rings. The van der Waals surface area contributed by atoms with Gasteiger partial charge in [-0.15, -0.1) is 6.58 Å². The van der Waals surface area contributed by atoms with Crippen molar-refractivity contribution in [2.24, 2.45) is 0 Å². The van der Waals surface area contributed by atoms with Crippen molar-refractivity contribution in [2.45, 2.75) is 24.3 Å². The molecular weight excluding hydrogens is 270 g/mol. The first-order valence-corrected chi connectivity index (χ1v) is 6.88. The number of carboxylic acid groups (broad SMARTS) is 1. The van der Waals surface area contributed by atoms with Crippen LogP contribution in [0.15, 0.2) is 43.0 Å². The van der Waals surface area contributed by atoms with Crippen molar-refractivity contribution >= 4 is 11.9 Å². The standard InChI is InChI=1S/C16H19NO4/c1-2-10-21-11-13(14(18)19)17-15(20)16(8-9-16)12-6-4-3-5-7-12/h2-7,13H,1,8-11H2,(H,17,20)(H,18,19). The van der Waals surface area contributed by atoms with Gasteiger partial charge in [0.1, 0.15) is 0 Å². The van der Waals surface area contributed by atoms with Crippen molar-refractivity contribution in [1.29, 1.82) is 0 Å². The lowest BCUT2D eigenvalue weighted by molar-refractivity contribution is -0.143.